The van der Waals surface area contributed by atoms with Gasteiger partial charge in [0.05, 0.1) is 6.10 Å². The van der Waals surface area contributed by atoms with Gasteiger partial charge in [-0.1, -0.05) is 13.8 Å². The first kappa shape index (κ1) is 13.9. The molecule has 1 atom stereocenters. The first-order valence-electron chi connectivity index (χ1n) is 6.70. The highest BCUT2D eigenvalue weighted by atomic mass is 16.3. The molecule has 96 valence electrons. The van der Waals surface area contributed by atoms with Crippen molar-refractivity contribution in [1.82, 2.24) is 9.80 Å². The van der Waals surface area contributed by atoms with Crippen molar-refractivity contribution < 1.29 is 5.11 Å². The van der Waals surface area contributed by atoms with Gasteiger partial charge in [0.25, 0.3) is 0 Å². The second-order valence-corrected chi connectivity index (χ2v) is 5.53. The molecule has 0 amide bonds. The molecule has 1 heterocycles. The van der Waals surface area contributed by atoms with E-state index in [-0.39, 0.29) is 6.10 Å². The number of aliphatic hydroxyl groups excluding tert-OH is 1. The van der Waals surface area contributed by atoms with Gasteiger partial charge in [0, 0.05) is 32.7 Å². The van der Waals surface area contributed by atoms with Gasteiger partial charge in [0.1, 0.15) is 0 Å². The highest BCUT2D eigenvalue weighted by molar-refractivity contribution is 4.72. The predicted octanol–water partition coefficient (Wildman–Crippen LogP) is 1.42. The van der Waals surface area contributed by atoms with E-state index in [1.165, 1.54) is 32.7 Å². The summed E-state index contributed by atoms with van der Waals surface area (Å²) in [5.74, 6) is 0.779. The lowest BCUT2D eigenvalue weighted by Crippen LogP contribution is -2.47. The van der Waals surface area contributed by atoms with E-state index in [0.29, 0.717) is 0 Å². The molecule has 16 heavy (non-hydrogen) atoms. The van der Waals surface area contributed by atoms with E-state index in [1.807, 2.05) is 6.92 Å². The zero-order valence-corrected chi connectivity index (χ0v) is 11.2. The topological polar surface area (TPSA) is 26.7 Å². The molecule has 0 aromatic heterocycles. The Labute approximate surface area is 100 Å². The molecule has 1 unspecified atom stereocenters. The Balaban J connectivity index is 2.07. The summed E-state index contributed by atoms with van der Waals surface area (Å²) in [4.78, 5) is 5.09. The normalized spacial score (nSPS) is 21.6. The van der Waals surface area contributed by atoms with Crippen LogP contribution >= 0.6 is 0 Å². The minimum absolute atomic E-state index is 0.137. The van der Waals surface area contributed by atoms with Crippen LogP contribution in [0.1, 0.15) is 33.6 Å². The van der Waals surface area contributed by atoms with Gasteiger partial charge >= 0.3 is 0 Å². The molecule has 1 fully saturated rings. The Bertz CT molecular complexity index is 175. The van der Waals surface area contributed by atoms with E-state index in [9.17, 15) is 5.11 Å². The van der Waals surface area contributed by atoms with Crippen molar-refractivity contribution >= 4 is 0 Å². The highest BCUT2D eigenvalue weighted by Crippen LogP contribution is 2.07. The zero-order valence-electron chi connectivity index (χ0n) is 11.2. The van der Waals surface area contributed by atoms with E-state index in [2.05, 4.69) is 23.6 Å². The van der Waals surface area contributed by atoms with Crippen LogP contribution in [0.25, 0.3) is 0 Å². The molecule has 0 bridgehead atoms. The van der Waals surface area contributed by atoms with E-state index in [1.54, 1.807) is 0 Å². The molecule has 3 nitrogen and oxygen atoms in total. The Morgan fingerprint density at radius 2 is 1.56 bits per heavy atom. The Kier molecular flexibility index (Phi) is 6.32. The van der Waals surface area contributed by atoms with Crippen LogP contribution in [0.15, 0.2) is 0 Å². The van der Waals surface area contributed by atoms with Crippen LogP contribution in [0.5, 0.6) is 0 Å². The van der Waals surface area contributed by atoms with Crippen LogP contribution in [-0.4, -0.2) is 60.3 Å². The zero-order chi connectivity index (χ0) is 12.0. The number of hydrogen-bond donors (Lipinski definition) is 1. The van der Waals surface area contributed by atoms with Gasteiger partial charge in [-0.25, -0.2) is 0 Å². The number of rotatable bonds is 6. The predicted molar refractivity (Wildman–Crippen MR) is 68.6 cm³/mol. The quantitative estimate of drug-likeness (QED) is 0.745. The van der Waals surface area contributed by atoms with Crippen LogP contribution in [-0.2, 0) is 0 Å². The molecule has 1 rings (SSSR count). The molecular weight excluding hydrogens is 200 g/mol. The van der Waals surface area contributed by atoms with E-state index in [4.69, 9.17) is 0 Å². The standard InChI is InChI=1S/C13H28N2O/c1-12(2)11-15-9-7-14(8-10-15)6-4-5-13(3)16/h12-13,16H,4-11H2,1-3H3. The highest BCUT2D eigenvalue weighted by Gasteiger charge is 2.16. The molecular formula is C13H28N2O. The van der Waals surface area contributed by atoms with E-state index < -0.39 is 0 Å². The molecule has 0 aromatic carbocycles. The summed E-state index contributed by atoms with van der Waals surface area (Å²) in [5, 5.41) is 9.20. The fourth-order valence-electron chi connectivity index (χ4n) is 2.32. The van der Waals surface area contributed by atoms with Crippen molar-refractivity contribution in [3.8, 4) is 0 Å². The van der Waals surface area contributed by atoms with Gasteiger partial charge in [-0.15, -0.1) is 0 Å². The third-order valence-electron chi connectivity index (χ3n) is 3.18. The average molecular weight is 228 g/mol. The smallest absolute Gasteiger partial charge is 0.0512 e. The summed E-state index contributed by atoms with van der Waals surface area (Å²) in [5.41, 5.74) is 0. The van der Waals surface area contributed by atoms with Crippen molar-refractivity contribution in [3.63, 3.8) is 0 Å². The maximum Gasteiger partial charge on any atom is 0.0512 e. The van der Waals surface area contributed by atoms with Crippen LogP contribution in [0.4, 0.5) is 0 Å². The summed E-state index contributed by atoms with van der Waals surface area (Å²) >= 11 is 0. The summed E-state index contributed by atoms with van der Waals surface area (Å²) in [6.07, 6.45) is 1.93. The Hall–Kier alpha value is -0.120. The van der Waals surface area contributed by atoms with E-state index >= 15 is 0 Å². The minimum Gasteiger partial charge on any atom is -0.393 e. The van der Waals surface area contributed by atoms with Gasteiger partial charge in [-0.3, -0.25) is 0 Å². The van der Waals surface area contributed by atoms with Gasteiger partial charge in [-0.2, -0.15) is 0 Å². The molecule has 0 spiro atoms. The monoisotopic (exact) mass is 228 g/mol. The molecule has 0 radical (unpaired) electrons. The summed E-state index contributed by atoms with van der Waals surface area (Å²) in [6, 6.07) is 0. The molecule has 1 aliphatic heterocycles. The van der Waals surface area contributed by atoms with Gasteiger partial charge in [-0.05, 0) is 32.2 Å². The lowest BCUT2D eigenvalue weighted by Gasteiger charge is -2.35. The first-order valence-corrected chi connectivity index (χ1v) is 6.70. The molecule has 1 aliphatic rings. The number of piperazine rings is 1. The number of aliphatic hydroxyl groups is 1. The Morgan fingerprint density at radius 1 is 1.00 bits per heavy atom. The molecule has 1 saturated heterocycles. The molecule has 0 aliphatic carbocycles. The van der Waals surface area contributed by atoms with Crippen LogP contribution in [0.3, 0.4) is 0 Å². The second-order valence-electron chi connectivity index (χ2n) is 5.53. The third kappa shape index (κ3) is 5.83. The molecule has 0 saturated carbocycles. The maximum absolute atomic E-state index is 9.20. The van der Waals surface area contributed by atoms with Crippen molar-refractivity contribution in [2.24, 2.45) is 5.92 Å². The fraction of sp³-hybridized carbons (Fsp3) is 1.00. The number of nitrogens with zero attached hydrogens (tertiary/aromatic N) is 2. The molecule has 3 heteroatoms. The van der Waals surface area contributed by atoms with Crippen molar-refractivity contribution in [2.75, 3.05) is 39.3 Å². The van der Waals surface area contributed by atoms with Gasteiger partial charge in [0.15, 0.2) is 0 Å². The van der Waals surface area contributed by atoms with Gasteiger partial charge < -0.3 is 14.9 Å². The van der Waals surface area contributed by atoms with Gasteiger partial charge in [0.2, 0.25) is 0 Å². The fourth-order valence-corrected chi connectivity index (χ4v) is 2.32. The lowest BCUT2D eigenvalue weighted by atomic mass is 10.1. The van der Waals surface area contributed by atoms with Crippen LogP contribution < -0.4 is 0 Å². The van der Waals surface area contributed by atoms with Crippen LogP contribution in [0.2, 0.25) is 0 Å². The summed E-state index contributed by atoms with van der Waals surface area (Å²) in [6.45, 7) is 13.7. The maximum atomic E-state index is 9.20. The average Bonchev–Trinajstić information content (AvgIpc) is 2.19. The summed E-state index contributed by atoms with van der Waals surface area (Å²) < 4.78 is 0. The first-order chi connectivity index (χ1) is 7.58. The van der Waals surface area contributed by atoms with Crippen molar-refractivity contribution in [3.05, 3.63) is 0 Å². The van der Waals surface area contributed by atoms with E-state index in [0.717, 1.165) is 25.3 Å². The SMILES string of the molecule is CC(C)CN1CCN(CCCC(C)O)CC1. The second kappa shape index (κ2) is 7.25. The van der Waals surface area contributed by atoms with Crippen molar-refractivity contribution in [1.29, 1.82) is 0 Å². The summed E-state index contributed by atoms with van der Waals surface area (Å²) in [7, 11) is 0. The van der Waals surface area contributed by atoms with Crippen LogP contribution in [0, 0.1) is 5.92 Å². The third-order valence-corrected chi connectivity index (χ3v) is 3.18. The molecule has 0 aromatic rings. The minimum atomic E-state index is -0.137. The molecule has 1 N–H and O–H groups in total. The van der Waals surface area contributed by atoms with Crippen molar-refractivity contribution in [2.45, 2.75) is 39.7 Å². The largest absolute Gasteiger partial charge is 0.393 e. The number of hydrogen-bond acceptors (Lipinski definition) is 3. The Morgan fingerprint density at radius 3 is 2.06 bits per heavy atom. The lowest BCUT2D eigenvalue weighted by molar-refractivity contribution is 0.114.